The summed E-state index contributed by atoms with van der Waals surface area (Å²) in [5, 5.41) is 2.88. The first kappa shape index (κ1) is 14.8. The Bertz CT molecular complexity index is 392. The number of methoxy groups -OCH3 is 1. The van der Waals surface area contributed by atoms with E-state index < -0.39 is 0 Å². The van der Waals surface area contributed by atoms with Crippen LogP contribution < -0.4 is 10.1 Å². The van der Waals surface area contributed by atoms with E-state index in [2.05, 4.69) is 10.2 Å². The quantitative estimate of drug-likeness (QED) is 0.912. The summed E-state index contributed by atoms with van der Waals surface area (Å²) in [5.74, 6) is 0.795. The lowest BCUT2D eigenvalue weighted by atomic mass is 10.3. The van der Waals surface area contributed by atoms with Crippen LogP contribution in [-0.4, -0.2) is 37.6 Å². The summed E-state index contributed by atoms with van der Waals surface area (Å²) in [6, 6.07) is 7.41. The van der Waals surface area contributed by atoms with Gasteiger partial charge in [-0.3, -0.25) is 9.69 Å². The Morgan fingerprint density at radius 1 is 1.39 bits per heavy atom. The lowest BCUT2D eigenvalue weighted by Gasteiger charge is -2.14. The topological polar surface area (TPSA) is 41.6 Å². The molecule has 1 saturated heterocycles. The molecule has 1 aliphatic rings. The highest BCUT2D eigenvalue weighted by atomic mass is 35.5. The van der Waals surface area contributed by atoms with Crippen molar-refractivity contribution >= 4 is 24.0 Å². The smallest absolute Gasteiger partial charge is 0.238 e. The largest absolute Gasteiger partial charge is 0.497 e. The molecular weight excluding hydrogens is 252 g/mol. The fourth-order valence-electron chi connectivity index (χ4n) is 2.05. The van der Waals surface area contributed by atoms with Crippen LogP contribution in [0.4, 0.5) is 5.69 Å². The number of amides is 1. The minimum absolute atomic E-state index is 0. The molecule has 1 N–H and O–H groups in total. The summed E-state index contributed by atoms with van der Waals surface area (Å²) in [4.78, 5) is 14.0. The van der Waals surface area contributed by atoms with Gasteiger partial charge in [0, 0.05) is 11.8 Å². The predicted octanol–water partition coefficient (Wildman–Crippen LogP) is 2.15. The van der Waals surface area contributed by atoms with E-state index in [0.29, 0.717) is 6.54 Å². The SMILES string of the molecule is COc1cccc(NC(=O)CN2CCCC2)c1.Cl. The molecule has 1 aromatic rings. The van der Waals surface area contributed by atoms with E-state index >= 15 is 0 Å². The molecule has 0 spiro atoms. The molecule has 0 atom stereocenters. The average Bonchev–Trinajstić information content (AvgIpc) is 2.82. The van der Waals surface area contributed by atoms with E-state index in [4.69, 9.17) is 4.74 Å². The number of nitrogens with one attached hydrogen (secondary N) is 1. The Labute approximate surface area is 114 Å². The maximum atomic E-state index is 11.8. The summed E-state index contributed by atoms with van der Waals surface area (Å²) in [5.41, 5.74) is 0.786. The van der Waals surface area contributed by atoms with Gasteiger partial charge in [0.15, 0.2) is 0 Å². The van der Waals surface area contributed by atoms with Gasteiger partial charge < -0.3 is 10.1 Å². The van der Waals surface area contributed by atoms with Crippen LogP contribution in [0.2, 0.25) is 0 Å². The number of rotatable bonds is 4. The molecule has 2 rings (SSSR count). The highest BCUT2D eigenvalue weighted by Gasteiger charge is 2.14. The third kappa shape index (κ3) is 4.20. The number of nitrogens with zero attached hydrogens (tertiary/aromatic N) is 1. The van der Waals surface area contributed by atoms with Crippen LogP contribution >= 0.6 is 12.4 Å². The van der Waals surface area contributed by atoms with Crippen molar-refractivity contribution in [2.75, 3.05) is 32.1 Å². The predicted molar refractivity (Wildman–Crippen MR) is 74.5 cm³/mol. The van der Waals surface area contributed by atoms with Crippen molar-refractivity contribution in [1.82, 2.24) is 4.90 Å². The van der Waals surface area contributed by atoms with Crippen LogP contribution in [0.3, 0.4) is 0 Å². The zero-order valence-corrected chi connectivity index (χ0v) is 11.3. The van der Waals surface area contributed by atoms with Crippen molar-refractivity contribution in [1.29, 1.82) is 0 Å². The van der Waals surface area contributed by atoms with Gasteiger partial charge in [-0.05, 0) is 38.1 Å². The van der Waals surface area contributed by atoms with Crippen LogP contribution in [0.5, 0.6) is 5.75 Å². The van der Waals surface area contributed by atoms with Crippen LogP contribution in [0.25, 0.3) is 0 Å². The molecule has 0 radical (unpaired) electrons. The van der Waals surface area contributed by atoms with Gasteiger partial charge in [-0.1, -0.05) is 6.07 Å². The number of likely N-dealkylation sites (tertiary alicyclic amines) is 1. The Hall–Kier alpha value is -1.26. The number of hydrogen-bond donors (Lipinski definition) is 1. The number of hydrogen-bond acceptors (Lipinski definition) is 3. The van der Waals surface area contributed by atoms with E-state index in [1.54, 1.807) is 7.11 Å². The minimum Gasteiger partial charge on any atom is -0.497 e. The summed E-state index contributed by atoms with van der Waals surface area (Å²) in [7, 11) is 1.62. The number of anilines is 1. The van der Waals surface area contributed by atoms with Crippen LogP contribution in [0.1, 0.15) is 12.8 Å². The molecule has 18 heavy (non-hydrogen) atoms. The molecule has 0 aliphatic carbocycles. The second-order valence-corrected chi connectivity index (χ2v) is 4.26. The summed E-state index contributed by atoms with van der Waals surface area (Å²) >= 11 is 0. The van der Waals surface area contributed by atoms with E-state index in [0.717, 1.165) is 24.5 Å². The lowest BCUT2D eigenvalue weighted by molar-refractivity contribution is -0.117. The maximum Gasteiger partial charge on any atom is 0.238 e. The van der Waals surface area contributed by atoms with Crippen LogP contribution in [0.15, 0.2) is 24.3 Å². The second kappa shape index (κ2) is 7.24. The zero-order chi connectivity index (χ0) is 12.1. The zero-order valence-electron chi connectivity index (χ0n) is 10.5. The van der Waals surface area contributed by atoms with Crippen molar-refractivity contribution in [3.8, 4) is 5.75 Å². The van der Waals surface area contributed by atoms with E-state index in [9.17, 15) is 4.79 Å². The van der Waals surface area contributed by atoms with E-state index in [-0.39, 0.29) is 18.3 Å². The fourth-order valence-corrected chi connectivity index (χ4v) is 2.05. The van der Waals surface area contributed by atoms with Crippen molar-refractivity contribution in [3.05, 3.63) is 24.3 Å². The molecule has 0 unspecified atom stereocenters. The molecule has 1 aromatic carbocycles. The first-order chi connectivity index (χ1) is 8.28. The third-order valence-corrected chi connectivity index (χ3v) is 2.92. The second-order valence-electron chi connectivity index (χ2n) is 4.26. The van der Waals surface area contributed by atoms with Crippen LogP contribution in [-0.2, 0) is 4.79 Å². The van der Waals surface area contributed by atoms with Gasteiger partial charge in [0.25, 0.3) is 0 Å². The van der Waals surface area contributed by atoms with Crippen LogP contribution in [0, 0.1) is 0 Å². The molecular formula is C13H19ClN2O2. The van der Waals surface area contributed by atoms with E-state index in [1.165, 1.54) is 12.8 Å². The van der Waals surface area contributed by atoms with Gasteiger partial charge in [0.2, 0.25) is 5.91 Å². The summed E-state index contributed by atoms with van der Waals surface area (Å²) in [6.07, 6.45) is 2.40. The molecule has 1 aliphatic heterocycles. The summed E-state index contributed by atoms with van der Waals surface area (Å²) < 4.78 is 5.11. The Kier molecular flexibility index (Phi) is 5.95. The highest BCUT2D eigenvalue weighted by molar-refractivity contribution is 5.92. The average molecular weight is 271 g/mol. The van der Waals surface area contributed by atoms with Gasteiger partial charge >= 0.3 is 0 Å². The van der Waals surface area contributed by atoms with Crippen molar-refractivity contribution in [3.63, 3.8) is 0 Å². The number of ether oxygens (including phenoxy) is 1. The van der Waals surface area contributed by atoms with Gasteiger partial charge in [0.1, 0.15) is 5.75 Å². The normalized spacial score (nSPS) is 14.9. The first-order valence-electron chi connectivity index (χ1n) is 5.94. The molecule has 1 amide bonds. The maximum absolute atomic E-state index is 11.8. The Balaban J connectivity index is 0.00000162. The standard InChI is InChI=1S/C13H18N2O2.ClH/c1-17-12-6-4-5-11(9-12)14-13(16)10-15-7-2-3-8-15;/h4-6,9H,2-3,7-8,10H2,1H3,(H,14,16);1H. The fraction of sp³-hybridized carbons (Fsp3) is 0.462. The number of halogens is 1. The molecule has 100 valence electrons. The van der Waals surface area contributed by atoms with Gasteiger partial charge in [-0.2, -0.15) is 0 Å². The molecule has 1 heterocycles. The monoisotopic (exact) mass is 270 g/mol. The highest BCUT2D eigenvalue weighted by Crippen LogP contribution is 2.16. The molecule has 0 bridgehead atoms. The number of benzene rings is 1. The van der Waals surface area contributed by atoms with Crippen molar-refractivity contribution in [2.45, 2.75) is 12.8 Å². The Morgan fingerprint density at radius 2 is 2.11 bits per heavy atom. The molecule has 0 aromatic heterocycles. The number of carbonyl (C=O) groups excluding carboxylic acids is 1. The molecule has 4 nitrogen and oxygen atoms in total. The summed E-state index contributed by atoms with van der Waals surface area (Å²) in [6.45, 7) is 2.55. The Morgan fingerprint density at radius 3 is 2.78 bits per heavy atom. The third-order valence-electron chi connectivity index (χ3n) is 2.92. The first-order valence-corrected chi connectivity index (χ1v) is 5.94. The van der Waals surface area contributed by atoms with Gasteiger partial charge in [-0.15, -0.1) is 12.4 Å². The van der Waals surface area contributed by atoms with Gasteiger partial charge in [-0.25, -0.2) is 0 Å². The molecule has 1 fully saturated rings. The molecule has 0 saturated carbocycles. The van der Waals surface area contributed by atoms with E-state index in [1.807, 2.05) is 24.3 Å². The minimum atomic E-state index is 0. The number of carbonyl (C=O) groups is 1. The molecule has 5 heteroatoms. The van der Waals surface area contributed by atoms with Crippen molar-refractivity contribution in [2.24, 2.45) is 0 Å². The lowest BCUT2D eigenvalue weighted by Crippen LogP contribution is -2.30. The van der Waals surface area contributed by atoms with Gasteiger partial charge in [0.05, 0.1) is 13.7 Å². The van der Waals surface area contributed by atoms with Crippen molar-refractivity contribution < 1.29 is 9.53 Å².